The first-order valence-electron chi connectivity index (χ1n) is 9.97. The Morgan fingerprint density at radius 3 is 2.36 bits per heavy atom. The lowest BCUT2D eigenvalue weighted by Gasteiger charge is -2.33. The average molecular weight is 377 g/mol. The summed E-state index contributed by atoms with van der Waals surface area (Å²) in [5.41, 5.74) is 11.5. The zero-order valence-corrected chi connectivity index (χ0v) is 16.4. The van der Waals surface area contributed by atoms with Gasteiger partial charge in [-0.3, -0.25) is 10.4 Å². The second-order valence-electron chi connectivity index (χ2n) is 8.00. The number of aromatic nitrogens is 1. The Morgan fingerprint density at radius 2 is 1.71 bits per heavy atom. The molecule has 0 aliphatic carbocycles. The van der Waals surface area contributed by atoms with Crippen LogP contribution in [0.4, 0.5) is 5.69 Å². The monoisotopic (exact) mass is 376 g/mol. The topological polar surface area (TPSA) is 75.2 Å². The molecular weight excluding hydrogens is 348 g/mol. The van der Waals surface area contributed by atoms with E-state index in [1.54, 1.807) is 12.4 Å². The molecule has 2 saturated heterocycles. The number of benzene rings is 1. The fourth-order valence-electron chi connectivity index (χ4n) is 4.44. The number of allylic oxidation sites excluding steroid dienone is 2. The summed E-state index contributed by atoms with van der Waals surface area (Å²) >= 11 is 0. The minimum atomic E-state index is 0.428. The summed E-state index contributed by atoms with van der Waals surface area (Å²) in [4.78, 5) is 6.53. The van der Waals surface area contributed by atoms with Gasteiger partial charge in [0.25, 0.3) is 0 Å². The van der Waals surface area contributed by atoms with Gasteiger partial charge in [-0.25, -0.2) is 0 Å². The van der Waals surface area contributed by atoms with Crippen molar-refractivity contribution in [3.05, 3.63) is 65.6 Å². The van der Waals surface area contributed by atoms with Gasteiger partial charge in [-0.15, -0.1) is 0 Å². The van der Waals surface area contributed by atoms with E-state index in [1.165, 1.54) is 24.9 Å². The molecule has 1 spiro atoms. The average Bonchev–Trinajstić information content (AvgIpc) is 3.13. The summed E-state index contributed by atoms with van der Waals surface area (Å²) in [6.45, 7) is 5.86. The molecule has 3 heterocycles. The van der Waals surface area contributed by atoms with Gasteiger partial charge in [0.15, 0.2) is 0 Å². The number of pyridine rings is 1. The lowest BCUT2D eigenvalue weighted by atomic mass is 9.80. The normalized spacial score (nSPS) is 19.5. The minimum Gasteiger partial charge on any atom is -0.402 e. The van der Waals surface area contributed by atoms with E-state index in [-0.39, 0.29) is 0 Å². The van der Waals surface area contributed by atoms with Crippen molar-refractivity contribution >= 4 is 17.0 Å². The van der Waals surface area contributed by atoms with Crippen LogP contribution in [0.2, 0.25) is 0 Å². The Balaban J connectivity index is 1.54. The smallest absolute Gasteiger partial charge is 0.0708 e. The molecule has 2 aromatic rings. The van der Waals surface area contributed by atoms with Gasteiger partial charge in [-0.1, -0.05) is 12.1 Å². The Labute approximate surface area is 166 Å². The van der Waals surface area contributed by atoms with E-state index in [4.69, 9.17) is 15.9 Å². The van der Waals surface area contributed by atoms with E-state index >= 15 is 0 Å². The van der Waals surface area contributed by atoms with E-state index in [0.717, 1.165) is 43.0 Å². The van der Waals surface area contributed by atoms with Gasteiger partial charge in [0, 0.05) is 61.2 Å². The van der Waals surface area contributed by atoms with Crippen LogP contribution in [0.1, 0.15) is 37.3 Å². The Morgan fingerprint density at radius 1 is 1.04 bits per heavy atom. The summed E-state index contributed by atoms with van der Waals surface area (Å²) in [6, 6.07) is 12.2. The van der Waals surface area contributed by atoms with Gasteiger partial charge in [0.2, 0.25) is 0 Å². The number of nitrogens with one attached hydrogen (secondary N) is 1. The summed E-state index contributed by atoms with van der Waals surface area (Å²) < 4.78 is 5.56. The molecule has 28 heavy (non-hydrogen) atoms. The molecule has 0 saturated carbocycles. The van der Waals surface area contributed by atoms with Crippen LogP contribution in [0.5, 0.6) is 0 Å². The second kappa shape index (κ2) is 7.76. The Hall–Kier alpha value is -2.66. The van der Waals surface area contributed by atoms with Crippen molar-refractivity contribution in [2.24, 2.45) is 11.1 Å². The van der Waals surface area contributed by atoms with Crippen LogP contribution in [0.25, 0.3) is 5.57 Å². The second-order valence-corrected chi connectivity index (χ2v) is 8.00. The van der Waals surface area contributed by atoms with Crippen LogP contribution < -0.4 is 10.6 Å². The summed E-state index contributed by atoms with van der Waals surface area (Å²) in [5, 5.41) is 8.62. The molecular formula is C23H28N4O. The molecule has 0 bridgehead atoms. The van der Waals surface area contributed by atoms with Gasteiger partial charge in [-0.05, 0) is 61.4 Å². The van der Waals surface area contributed by atoms with Gasteiger partial charge >= 0.3 is 0 Å². The van der Waals surface area contributed by atoms with Gasteiger partial charge < -0.3 is 15.4 Å². The van der Waals surface area contributed by atoms with Crippen LogP contribution in [-0.2, 0) is 4.74 Å². The van der Waals surface area contributed by atoms with Gasteiger partial charge in [0.1, 0.15) is 0 Å². The fraction of sp³-hybridized carbons (Fsp3) is 0.391. The lowest BCUT2D eigenvalue weighted by molar-refractivity contribution is 0.0254. The van der Waals surface area contributed by atoms with E-state index < -0.39 is 0 Å². The first-order chi connectivity index (χ1) is 13.6. The van der Waals surface area contributed by atoms with Crippen LogP contribution in [0, 0.1) is 10.8 Å². The molecule has 5 heteroatoms. The molecule has 0 unspecified atom stereocenters. The summed E-state index contributed by atoms with van der Waals surface area (Å²) in [6.07, 6.45) is 7.00. The highest BCUT2D eigenvalue weighted by Gasteiger charge is 2.39. The maximum Gasteiger partial charge on any atom is 0.0708 e. The molecule has 0 atom stereocenters. The quantitative estimate of drug-likeness (QED) is 0.795. The van der Waals surface area contributed by atoms with Crippen molar-refractivity contribution in [3.8, 4) is 0 Å². The largest absolute Gasteiger partial charge is 0.402 e. The zero-order valence-electron chi connectivity index (χ0n) is 16.4. The lowest BCUT2D eigenvalue weighted by Crippen LogP contribution is -2.33. The molecule has 146 valence electrons. The number of nitrogens with zero attached hydrogens (tertiary/aromatic N) is 2. The molecule has 3 N–H and O–H groups in total. The summed E-state index contributed by atoms with van der Waals surface area (Å²) in [5.74, 6) is 0. The highest BCUT2D eigenvalue weighted by atomic mass is 16.5. The van der Waals surface area contributed by atoms with Crippen molar-refractivity contribution in [3.63, 3.8) is 0 Å². The Bertz CT molecular complexity index is 863. The molecule has 4 rings (SSSR count). The van der Waals surface area contributed by atoms with Crippen molar-refractivity contribution in [2.75, 3.05) is 31.2 Å². The van der Waals surface area contributed by atoms with Gasteiger partial charge in [0.05, 0.1) is 5.71 Å². The molecule has 1 aromatic heterocycles. The molecule has 2 fully saturated rings. The predicted molar refractivity (Wildman–Crippen MR) is 114 cm³/mol. The third-order valence-corrected chi connectivity index (χ3v) is 6.13. The van der Waals surface area contributed by atoms with Crippen LogP contribution >= 0.6 is 0 Å². The maximum atomic E-state index is 8.62. The van der Waals surface area contributed by atoms with E-state index in [0.29, 0.717) is 16.8 Å². The van der Waals surface area contributed by atoms with E-state index in [1.807, 2.05) is 19.1 Å². The SMILES string of the molecule is C/C(N)=C(/C(=N)c1ccncc1)c1ccc(N2CCC3(CCOCC3)C2)cc1. The number of hydrogen-bond donors (Lipinski definition) is 2. The highest BCUT2D eigenvalue weighted by molar-refractivity contribution is 6.30. The summed E-state index contributed by atoms with van der Waals surface area (Å²) in [7, 11) is 0. The predicted octanol–water partition coefficient (Wildman–Crippen LogP) is 3.85. The molecule has 0 amide bonds. The number of anilines is 1. The van der Waals surface area contributed by atoms with Crippen LogP contribution in [0.3, 0.4) is 0 Å². The van der Waals surface area contributed by atoms with Gasteiger partial charge in [-0.2, -0.15) is 0 Å². The number of hydrogen-bond acceptors (Lipinski definition) is 5. The maximum absolute atomic E-state index is 8.62. The van der Waals surface area contributed by atoms with Crippen molar-refractivity contribution in [1.82, 2.24) is 4.98 Å². The third-order valence-electron chi connectivity index (χ3n) is 6.13. The van der Waals surface area contributed by atoms with Crippen molar-refractivity contribution < 1.29 is 4.74 Å². The molecule has 5 nitrogen and oxygen atoms in total. The van der Waals surface area contributed by atoms with Crippen molar-refractivity contribution in [2.45, 2.75) is 26.2 Å². The number of rotatable bonds is 4. The van der Waals surface area contributed by atoms with Crippen LogP contribution in [-0.4, -0.2) is 37.0 Å². The number of nitrogens with two attached hydrogens (primary N) is 1. The molecule has 0 radical (unpaired) electrons. The number of ether oxygens (including phenoxy) is 1. The highest BCUT2D eigenvalue weighted by Crippen LogP contribution is 2.41. The standard InChI is InChI=1S/C23H28N4O/c1-17(24)21(22(25)19-6-11-26-12-7-19)18-2-4-20(5-3-18)27-13-8-23(16-27)9-14-28-15-10-23/h2-7,11-12,25H,8-10,13-16,24H2,1H3/b21-17-,25-22?. The van der Waals surface area contributed by atoms with Crippen LogP contribution in [0.15, 0.2) is 54.5 Å². The third kappa shape index (κ3) is 3.67. The fourth-order valence-corrected chi connectivity index (χ4v) is 4.44. The first kappa shape index (κ1) is 18.7. The zero-order chi connectivity index (χ0) is 19.6. The first-order valence-corrected chi connectivity index (χ1v) is 9.97. The van der Waals surface area contributed by atoms with E-state index in [9.17, 15) is 0 Å². The van der Waals surface area contributed by atoms with E-state index in [2.05, 4.69) is 34.1 Å². The van der Waals surface area contributed by atoms with Crippen molar-refractivity contribution in [1.29, 1.82) is 5.41 Å². The minimum absolute atomic E-state index is 0.428. The molecule has 2 aliphatic rings. The molecule has 2 aliphatic heterocycles. The molecule has 1 aromatic carbocycles. The Kier molecular flexibility index (Phi) is 5.18.